The number of methoxy groups -OCH3 is 1. The zero-order valence-corrected chi connectivity index (χ0v) is 12.1. The van der Waals surface area contributed by atoms with Crippen molar-refractivity contribution in [1.29, 1.82) is 0 Å². The Morgan fingerprint density at radius 2 is 2.29 bits per heavy atom. The summed E-state index contributed by atoms with van der Waals surface area (Å²) in [5.41, 5.74) is 8.35. The van der Waals surface area contributed by atoms with E-state index in [9.17, 15) is 9.59 Å². The molecule has 9 nitrogen and oxygen atoms in total. The van der Waals surface area contributed by atoms with Gasteiger partial charge >= 0.3 is 5.69 Å². The summed E-state index contributed by atoms with van der Waals surface area (Å²) in [7, 11) is 2.94. The number of hydrogen-bond acceptors (Lipinski definition) is 5. The summed E-state index contributed by atoms with van der Waals surface area (Å²) in [6.45, 7) is 2.11. The van der Waals surface area contributed by atoms with Crippen LogP contribution in [-0.2, 0) is 16.5 Å². The van der Waals surface area contributed by atoms with Crippen molar-refractivity contribution in [3.05, 3.63) is 43.0 Å². The number of azide groups is 1. The Bertz CT molecular complexity index is 688. The van der Waals surface area contributed by atoms with Gasteiger partial charge in [-0.2, -0.15) is 0 Å². The topological polar surface area (TPSA) is 111 Å². The van der Waals surface area contributed by atoms with E-state index in [2.05, 4.69) is 10.0 Å². The molecule has 1 fully saturated rings. The lowest BCUT2D eigenvalue weighted by Crippen LogP contribution is -2.43. The van der Waals surface area contributed by atoms with Gasteiger partial charge in [0.25, 0.3) is 5.56 Å². The fourth-order valence-corrected chi connectivity index (χ4v) is 2.52. The van der Waals surface area contributed by atoms with Crippen LogP contribution >= 0.6 is 0 Å². The monoisotopic (exact) mass is 295 g/mol. The van der Waals surface area contributed by atoms with Crippen LogP contribution in [0.2, 0.25) is 0 Å². The van der Waals surface area contributed by atoms with E-state index in [4.69, 9.17) is 15.0 Å². The Balaban J connectivity index is 2.49. The summed E-state index contributed by atoms with van der Waals surface area (Å²) >= 11 is 0. The molecule has 1 saturated heterocycles. The highest BCUT2D eigenvalue weighted by molar-refractivity contribution is 5.06. The zero-order valence-electron chi connectivity index (χ0n) is 12.1. The van der Waals surface area contributed by atoms with Crippen molar-refractivity contribution in [2.45, 2.75) is 25.1 Å². The maximum absolute atomic E-state index is 12.2. The molecule has 0 N–H and O–H groups in total. The van der Waals surface area contributed by atoms with Crippen LogP contribution in [0, 0.1) is 6.92 Å². The summed E-state index contributed by atoms with van der Waals surface area (Å²) in [4.78, 5) is 26.8. The zero-order chi connectivity index (χ0) is 15.6. The molecule has 1 aromatic heterocycles. The first-order valence-corrected chi connectivity index (χ1v) is 6.44. The Morgan fingerprint density at radius 3 is 2.90 bits per heavy atom. The molecule has 1 aliphatic heterocycles. The lowest BCUT2D eigenvalue weighted by molar-refractivity contribution is 0.0319. The van der Waals surface area contributed by atoms with E-state index >= 15 is 0 Å². The molecule has 2 heterocycles. The van der Waals surface area contributed by atoms with E-state index in [0.29, 0.717) is 5.56 Å². The maximum atomic E-state index is 12.2. The second-order valence-corrected chi connectivity index (χ2v) is 4.96. The van der Waals surface area contributed by atoms with E-state index in [1.807, 2.05) is 0 Å². The molecule has 9 heteroatoms. The van der Waals surface area contributed by atoms with E-state index in [1.54, 1.807) is 6.92 Å². The molecule has 21 heavy (non-hydrogen) atoms. The smallest absolute Gasteiger partial charge is 0.331 e. The van der Waals surface area contributed by atoms with E-state index in [1.165, 1.54) is 24.9 Å². The van der Waals surface area contributed by atoms with Gasteiger partial charge in [0, 0.05) is 30.8 Å². The van der Waals surface area contributed by atoms with Crippen molar-refractivity contribution in [3.8, 4) is 0 Å². The number of aromatic nitrogens is 2. The van der Waals surface area contributed by atoms with Crippen LogP contribution in [0.15, 0.2) is 20.9 Å². The predicted octanol–water partition coefficient (Wildman–Crippen LogP) is 0.121. The van der Waals surface area contributed by atoms with Crippen molar-refractivity contribution in [2.24, 2.45) is 12.2 Å². The molecule has 2 rings (SSSR count). The summed E-state index contributed by atoms with van der Waals surface area (Å²) in [6, 6.07) is -1.02. The third-order valence-corrected chi connectivity index (χ3v) is 3.61. The number of nitrogens with zero attached hydrogens (tertiary/aromatic N) is 5. The first-order valence-electron chi connectivity index (χ1n) is 6.44. The van der Waals surface area contributed by atoms with Gasteiger partial charge in [-0.1, -0.05) is 5.11 Å². The standard InChI is InChI=1S/C12H17N5O4/c1-7-4-17(12(19)16(2)11(7)18)8-5-21-9(6-20-3)10(8)14-15-13/h4,8-10H,5-6H2,1-3H3/t8?,9-,10?/m1/s1. The Hall–Kier alpha value is -2.09. The molecule has 0 aliphatic carbocycles. The second kappa shape index (κ2) is 6.13. The molecule has 0 amide bonds. The maximum Gasteiger partial charge on any atom is 0.331 e. The minimum Gasteiger partial charge on any atom is -0.382 e. The van der Waals surface area contributed by atoms with Crippen molar-refractivity contribution >= 4 is 0 Å². The van der Waals surface area contributed by atoms with Gasteiger partial charge in [0.15, 0.2) is 0 Å². The Kier molecular flexibility index (Phi) is 4.46. The van der Waals surface area contributed by atoms with E-state index in [-0.39, 0.29) is 18.8 Å². The lowest BCUT2D eigenvalue weighted by Gasteiger charge is -2.20. The number of aryl methyl sites for hydroxylation is 1. The van der Waals surface area contributed by atoms with Crippen LogP contribution in [0.5, 0.6) is 0 Å². The Morgan fingerprint density at radius 1 is 1.57 bits per heavy atom. The predicted molar refractivity (Wildman–Crippen MR) is 74.3 cm³/mol. The molecule has 2 unspecified atom stereocenters. The summed E-state index contributed by atoms with van der Waals surface area (Å²) < 4.78 is 13.0. The summed E-state index contributed by atoms with van der Waals surface area (Å²) in [5, 5.41) is 3.73. The van der Waals surface area contributed by atoms with Gasteiger partial charge in [0.1, 0.15) is 0 Å². The van der Waals surface area contributed by atoms with Crippen LogP contribution in [0.1, 0.15) is 11.6 Å². The SMILES string of the molecule is COC[C@H]1OCC(n2cc(C)c(=O)n(C)c2=O)C1N=[N+]=[N-]. The second-order valence-electron chi connectivity index (χ2n) is 4.96. The molecule has 0 spiro atoms. The van der Waals surface area contributed by atoms with E-state index in [0.717, 1.165) is 4.57 Å². The third kappa shape index (κ3) is 2.71. The molecular weight excluding hydrogens is 278 g/mol. The molecule has 1 aromatic rings. The van der Waals surface area contributed by atoms with Crippen molar-refractivity contribution in [1.82, 2.24) is 9.13 Å². The molecule has 0 radical (unpaired) electrons. The van der Waals surface area contributed by atoms with Crippen molar-refractivity contribution < 1.29 is 9.47 Å². The average Bonchev–Trinajstić information content (AvgIpc) is 2.85. The fourth-order valence-electron chi connectivity index (χ4n) is 2.52. The molecule has 0 aromatic carbocycles. The van der Waals surface area contributed by atoms with Gasteiger partial charge in [-0.25, -0.2) is 4.79 Å². The molecule has 114 valence electrons. The minimum atomic E-state index is -0.565. The quantitative estimate of drug-likeness (QED) is 0.446. The number of hydrogen-bond donors (Lipinski definition) is 0. The highest BCUT2D eigenvalue weighted by Gasteiger charge is 2.38. The summed E-state index contributed by atoms with van der Waals surface area (Å²) in [5.74, 6) is 0. The van der Waals surface area contributed by atoms with Crippen LogP contribution in [0.25, 0.3) is 10.4 Å². The van der Waals surface area contributed by atoms with Gasteiger partial charge in [-0.15, -0.1) is 0 Å². The molecule has 3 atom stereocenters. The van der Waals surface area contributed by atoms with Crippen molar-refractivity contribution in [3.63, 3.8) is 0 Å². The van der Waals surface area contributed by atoms with Gasteiger partial charge in [-0.3, -0.25) is 13.9 Å². The third-order valence-electron chi connectivity index (χ3n) is 3.61. The first-order chi connectivity index (χ1) is 10.0. The molecular formula is C12H17N5O4. The van der Waals surface area contributed by atoms with Crippen LogP contribution in [-0.4, -0.2) is 41.6 Å². The molecule has 0 bridgehead atoms. The average molecular weight is 295 g/mol. The number of rotatable bonds is 4. The Labute approximate surface area is 120 Å². The highest BCUT2D eigenvalue weighted by atomic mass is 16.5. The lowest BCUT2D eigenvalue weighted by atomic mass is 10.1. The molecule has 1 aliphatic rings. The van der Waals surface area contributed by atoms with Crippen molar-refractivity contribution in [2.75, 3.05) is 20.3 Å². The normalized spacial score (nSPS) is 24.8. The van der Waals surface area contributed by atoms with Gasteiger partial charge in [-0.05, 0) is 12.5 Å². The number of ether oxygens (including phenoxy) is 2. The first kappa shape index (κ1) is 15.3. The van der Waals surface area contributed by atoms with Gasteiger partial charge in [0.05, 0.1) is 31.4 Å². The minimum absolute atomic E-state index is 0.218. The fraction of sp³-hybridized carbons (Fsp3) is 0.667. The molecule has 0 saturated carbocycles. The van der Waals surface area contributed by atoms with E-state index < -0.39 is 23.9 Å². The largest absolute Gasteiger partial charge is 0.382 e. The highest BCUT2D eigenvalue weighted by Crippen LogP contribution is 2.27. The van der Waals surface area contributed by atoms with Crippen LogP contribution in [0.3, 0.4) is 0 Å². The van der Waals surface area contributed by atoms with Crippen LogP contribution in [0.4, 0.5) is 0 Å². The van der Waals surface area contributed by atoms with Gasteiger partial charge in [0.2, 0.25) is 0 Å². The van der Waals surface area contributed by atoms with Crippen LogP contribution < -0.4 is 11.2 Å². The van der Waals surface area contributed by atoms with Gasteiger partial charge < -0.3 is 9.47 Å². The summed E-state index contributed by atoms with van der Waals surface area (Å²) in [6.07, 6.45) is 1.06.